The Labute approximate surface area is 107 Å². The van der Waals surface area contributed by atoms with E-state index in [4.69, 9.17) is 4.74 Å². The van der Waals surface area contributed by atoms with Crippen LogP contribution in [0.1, 0.15) is 65.2 Å². The van der Waals surface area contributed by atoms with Gasteiger partial charge < -0.3 is 10.1 Å². The first-order valence-electron chi connectivity index (χ1n) is 7.65. The molecule has 0 bridgehead atoms. The lowest BCUT2D eigenvalue weighted by Crippen LogP contribution is -2.48. The molecule has 1 atom stereocenters. The topological polar surface area (TPSA) is 21.3 Å². The Balaban J connectivity index is 1.84. The molecule has 0 amide bonds. The minimum Gasteiger partial charge on any atom is -0.375 e. The van der Waals surface area contributed by atoms with Gasteiger partial charge in [-0.25, -0.2) is 0 Å². The average Bonchev–Trinajstić information content (AvgIpc) is 2.34. The Morgan fingerprint density at radius 1 is 1.18 bits per heavy atom. The summed E-state index contributed by atoms with van der Waals surface area (Å²) < 4.78 is 6.17. The monoisotopic (exact) mass is 239 g/mol. The molecule has 2 rings (SSSR count). The predicted molar refractivity (Wildman–Crippen MR) is 72.2 cm³/mol. The fraction of sp³-hybridized carbons (Fsp3) is 1.00. The van der Waals surface area contributed by atoms with Crippen molar-refractivity contribution in [2.75, 3.05) is 13.2 Å². The largest absolute Gasteiger partial charge is 0.375 e. The van der Waals surface area contributed by atoms with Gasteiger partial charge in [-0.2, -0.15) is 0 Å². The molecule has 2 fully saturated rings. The number of hydrogen-bond donors (Lipinski definition) is 1. The van der Waals surface area contributed by atoms with Crippen molar-refractivity contribution in [2.24, 2.45) is 5.92 Å². The standard InChI is InChI=1S/C15H29NO/c1-3-5-13-6-9-15(10-7-13)12-14(16-4-2)8-11-17-15/h13-14,16H,3-12H2,1-2H3. The van der Waals surface area contributed by atoms with E-state index in [0.29, 0.717) is 6.04 Å². The third kappa shape index (κ3) is 3.45. The minimum absolute atomic E-state index is 0.245. The van der Waals surface area contributed by atoms with Crippen molar-refractivity contribution in [3.63, 3.8) is 0 Å². The second-order valence-electron chi connectivity index (χ2n) is 6.01. The molecule has 1 unspecified atom stereocenters. The summed E-state index contributed by atoms with van der Waals surface area (Å²) in [5.74, 6) is 0.980. The van der Waals surface area contributed by atoms with Crippen molar-refractivity contribution >= 4 is 0 Å². The van der Waals surface area contributed by atoms with Crippen LogP contribution in [0.15, 0.2) is 0 Å². The van der Waals surface area contributed by atoms with Crippen molar-refractivity contribution < 1.29 is 4.74 Å². The van der Waals surface area contributed by atoms with Gasteiger partial charge in [0.1, 0.15) is 0 Å². The van der Waals surface area contributed by atoms with Gasteiger partial charge in [0, 0.05) is 12.6 Å². The van der Waals surface area contributed by atoms with E-state index < -0.39 is 0 Å². The summed E-state index contributed by atoms with van der Waals surface area (Å²) in [6.45, 7) is 6.58. The molecule has 0 aromatic heterocycles. The minimum atomic E-state index is 0.245. The molecule has 2 aliphatic rings. The van der Waals surface area contributed by atoms with E-state index >= 15 is 0 Å². The molecule has 100 valence electrons. The van der Waals surface area contributed by atoms with Gasteiger partial charge in [-0.1, -0.05) is 26.7 Å². The van der Waals surface area contributed by atoms with Crippen LogP contribution in [0.5, 0.6) is 0 Å². The van der Waals surface area contributed by atoms with Crippen LogP contribution < -0.4 is 5.32 Å². The quantitative estimate of drug-likeness (QED) is 0.810. The molecule has 1 saturated carbocycles. The summed E-state index contributed by atoms with van der Waals surface area (Å²) in [7, 11) is 0. The van der Waals surface area contributed by atoms with Crippen molar-refractivity contribution in [3.05, 3.63) is 0 Å². The first-order valence-corrected chi connectivity index (χ1v) is 7.65. The summed E-state index contributed by atoms with van der Waals surface area (Å²) in [6.07, 6.45) is 10.6. The van der Waals surface area contributed by atoms with Crippen LogP contribution in [0.3, 0.4) is 0 Å². The molecule has 0 radical (unpaired) electrons. The Morgan fingerprint density at radius 2 is 1.94 bits per heavy atom. The fourth-order valence-electron chi connectivity index (χ4n) is 3.74. The van der Waals surface area contributed by atoms with Crippen LogP contribution in [0, 0.1) is 5.92 Å². The summed E-state index contributed by atoms with van der Waals surface area (Å²) in [6, 6.07) is 0.705. The highest BCUT2D eigenvalue weighted by atomic mass is 16.5. The summed E-state index contributed by atoms with van der Waals surface area (Å²) in [4.78, 5) is 0. The fourth-order valence-corrected chi connectivity index (χ4v) is 3.74. The highest BCUT2D eigenvalue weighted by molar-refractivity contribution is 4.93. The highest BCUT2D eigenvalue weighted by Gasteiger charge is 2.40. The van der Waals surface area contributed by atoms with Crippen LogP contribution in [0.2, 0.25) is 0 Å². The lowest BCUT2D eigenvalue weighted by Gasteiger charge is -2.45. The van der Waals surface area contributed by atoms with E-state index in [-0.39, 0.29) is 5.60 Å². The van der Waals surface area contributed by atoms with Crippen molar-refractivity contribution in [2.45, 2.75) is 76.9 Å². The van der Waals surface area contributed by atoms with Crippen LogP contribution in [-0.2, 0) is 4.74 Å². The van der Waals surface area contributed by atoms with Gasteiger partial charge in [-0.3, -0.25) is 0 Å². The zero-order valence-electron chi connectivity index (χ0n) is 11.6. The van der Waals surface area contributed by atoms with Gasteiger partial charge in [0.2, 0.25) is 0 Å². The van der Waals surface area contributed by atoms with Gasteiger partial charge >= 0.3 is 0 Å². The molecule has 1 saturated heterocycles. The molecule has 0 aromatic rings. The molecule has 1 heterocycles. The molecule has 2 nitrogen and oxygen atoms in total. The van der Waals surface area contributed by atoms with Gasteiger partial charge in [0.05, 0.1) is 5.60 Å². The van der Waals surface area contributed by atoms with Crippen LogP contribution in [-0.4, -0.2) is 24.8 Å². The summed E-state index contributed by atoms with van der Waals surface area (Å²) in [5.41, 5.74) is 0.245. The molecule has 1 N–H and O–H groups in total. The Morgan fingerprint density at radius 3 is 2.59 bits per heavy atom. The second-order valence-corrected chi connectivity index (χ2v) is 6.01. The van der Waals surface area contributed by atoms with E-state index in [1.807, 2.05) is 0 Å². The SMILES string of the molecule is CCCC1CCC2(CC1)CC(NCC)CCO2. The maximum Gasteiger partial charge on any atom is 0.0697 e. The van der Waals surface area contributed by atoms with E-state index in [0.717, 1.165) is 19.1 Å². The number of rotatable bonds is 4. The van der Waals surface area contributed by atoms with Gasteiger partial charge in [0.25, 0.3) is 0 Å². The first kappa shape index (κ1) is 13.4. The zero-order valence-corrected chi connectivity index (χ0v) is 11.6. The Bertz CT molecular complexity index is 219. The van der Waals surface area contributed by atoms with Gasteiger partial charge in [0.15, 0.2) is 0 Å². The second kappa shape index (κ2) is 6.19. The molecule has 0 aromatic carbocycles. The lowest BCUT2D eigenvalue weighted by molar-refractivity contribution is -0.115. The number of hydrogen-bond acceptors (Lipinski definition) is 2. The predicted octanol–water partition coefficient (Wildman–Crippen LogP) is 3.50. The normalized spacial score (nSPS) is 38.5. The van der Waals surface area contributed by atoms with E-state index in [1.54, 1.807) is 0 Å². The van der Waals surface area contributed by atoms with Crippen molar-refractivity contribution in [1.82, 2.24) is 5.32 Å². The Hall–Kier alpha value is -0.0800. The van der Waals surface area contributed by atoms with E-state index in [2.05, 4.69) is 19.2 Å². The molecular weight excluding hydrogens is 210 g/mol. The third-order valence-electron chi connectivity index (χ3n) is 4.70. The van der Waals surface area contributed by atoms with Gasteiger partial charge in [-0.15, -0.1) is 0 Å². The molecular formula is C15H29NO. The van der Waals surface area contributed by atoms with Crippen LogP contribution >= 0.6 is 0 Å². The smallest absolute Gasteiger partial charge is 0.0697 e. The molecule has 2 heteroatoms. The molecule has 1 spiro atoms. The average molecular weight is 239 g/mol. The van der Waals surface area contributed by atoms with Crippen LogP contribution in [0.4, 0.5) is 0 Å². The maximum atomic E-state index is 6.17. The summed E-state index contributed by atoms with van der Waals surface area (Å²) in [5, 5.41) is 3.61. The maximum absolute atomic E-state index is 6.17. The number of ether oxygens (including phenoxy) is 1. The molecule has 1 aliphatic heterocycles. The molecule has 1 aliphatic carbocycles. The van der Waals surface area contributed by atoms with Crippen molar-refractivity contribution in [3.8, 4) is 0 Å². The van der Waals surface area contributed by atoms with Gasteiger partial charge in [-0.05, 0) is 51.0 Å². The third-order valence-corrected chi connectivity index (χ3v) is 4.70. The highest BCUT2D eigenvalue weighted by Crippen LogP contribution is 2.41. The van der Waals surface area contributed by atoms with E-state index in [9.17, 15) is 0 Å². The zero-order chi connectivity index (χ0) is 12.1. The number of nitrogens with one attached hydrogen (secondary N) is 1. The van der Waals surface area contributed by atoms with E-state index in [1.165, 1.54) is 51.4 Å². The molecule has 17 heavy (non-hydrogen) atoms. The first-order chi connectivity index (χ1) is 8.28. The lowest BCUT2D eigenvalue weighted by atomic mass is 9.73. The Kier molecular flexibility index (Phi) is 4.87. The van der Waals surface area contributed by atoms with Crippen LogP contribution in [0.25, 0.3) is 0 Å². The van der Waals surface area contributed by atoms with Crippen molar-refractivity contribution in [1.29, 1.82) is 0 Å². The summed E-state index contributed by atoms with van der Waals surface area (Å²) >= 11 is 0.